The lowest BCUT2D eigenvalue weighted by molar-refractivity contribution is -0.172. The van der Waals surface area contributed by atoms with Crippen molar-refractivity contribution in [3.63, 3.8) is 0 Å². The molecule has 0 fully saturated rings. The smallest absolute Gasteiger partial charge is 0.343 e. The van der Waals surface area contributed by atoms with Gasteiger partial charge < -0.3 is 24.9 Å². The van der Waals surface area contributed by atoms with Crippen molar-refractivity contribution in [1.82, 2.24) is 9.55 Å². The Morgan fingerprint density at radius 3 is 2.81 bits per heavy atom. The molecule has 0 spiro atoms. The maximum Gasteiger partial charge on any atom is 0.343 e. The van der Waals surface area contributed by atoms with Crippen molar-refractivity contribution in [1.29, 1.82) is 0 Å². The number of carbonyl (C=O) groups excluding carboxylic acids is 1. The first-order valence-electron chi connectivity index (χ1n) is 10.9. The number of ether oxygens (including phenoxy) is 2. The second-order valence-electron chi connectivity index (χ2n) is 8.84. The fourth-order valence-electron chi connectivity index (χ4n) is 5.25. The van der Waals surface area contributed by atoms with Gasteiger partial charge in [-0.05, 0) is 24.1 Å². The van der Waals surface area contributed by atoms with Crippen LogP contribution in [-0.4, -0.2) is 27.2 Å². The quantitative estimate of drug-likeness (QED) is 0.465. The van der Waals surface area contributed by atoms with E-state index in [1.165, 1.54) is 0 Å². The van der Waals surface area contributed by atoms with Crippen LogP contribution in [0, 0.1) is 0 Å². The molecule has 6 rings (SSSR count). The normalized spacial score (nSPS) is 22.8. The van der Waals surface area contributed by atoms with E-state index in [0.29, 0.717) is 48.1 Å². The standard InChI is InChI=1S/C24H23N3O5/c1-3-24(30)17-5-19-21-15(8-27(19)22(28)16(17)10-32-23(24)29)14(7-25)13-4-12-11(2)9-31-20(12)6-18(13)26-21/h4-6,11,30H,3,7-10,25H2,1-2H3. The number of aromatic nitrogens is 2. The third kappa shape index (κ3) is 2.31. The monoisotopic (exact) mass is 433 g/mol. The Balaban J connectivity index is 1.64. The fourth-order valence-corrected chi connectivity index (χ4v) is 5.25. The molecule has 8 heteroatoms. The molecule has 3 N–H and O–H groups in total. The molecule has 5 heterocycles. The summed E-state index contributed by atoms with van der Waals surface area (Å²) in [6, 6.07) is 5.76. The molecule has 164 valence electrons. The summed E-state index contributed by atoms with van der Waals surface area (Å²) in [5.74, 6) is 0.388. The van der Waals surface area contributed by atoms with Crippen LogP contribution in [0.4, 0.5) is 0 Å². The van der Waals surface area contributed by atoms with Crippen LogP contribution < -0.4 is 16.0 Å². The van der Waals surface area contributed by atoms with Gasteiger partial charge in [0.2, 0.25) is 0 Å². The number of cyclic esters (lactones) is 1. The number of hydrogen-bond donors (Lipinski definition) is 2. The topological polar surface area (TPSA) is 117 Å². The second kappa shape index (κ2) is 6.40. The Labute approximate surface area is 183 Å². The van der Waals surface area contributed by atoms with Gasteiger partial charge in [-0.1, -0.05) is 13.8 Å². The lowest BCUT2D eigenvalue weighted by Crippen LogP contribution is -2.44. The van der Waals surface area contributed by atoms with E-state index in [2.05, 4.69) is 13.0 Å². The zero-order chi connectivity index (χ0) is 22.4. The average molecular weight is 433 g/mol. The van der Waals surface area contributed by atoms with Crippen molar-refractivity contribution >= 4 is 16.9 Å². The Morgan fingerprint density at radius 1 is 1.25 bits per heavy atom. The van der Waals surface area contributed by atoms with Crippen LogP contribution in [-0.2, 0) is 34.8 Å². The number of hydrogen-bond acceptors (Lipinski definition) is 7. The number of aliphatic hydroxyl groups is 1. The first-order chi connectivity index (χ1) is 15.4. The number of esters is 1. The number of fused-ring (bicyclic) bond motifs is 6. The molecule has 1 aromatic carbocycles. The molecule has 3 aromatic rings. The predicted octanol–water partition coefficient (Wildman–Crippen LogP) is 2.03. The Hall–Kier alpha value is -3.23. The van der Waals surface area contributed by atoms with E-state index >= 15 is 0 Å². The molecular formula is C24H23N3O5. The zero-order valence-electron chi connectivity index (χ0n) is 17.9. The number of pyridine rings is 2. The molecule has 0 saturated heterocycles. The Kier molecular flexibility index (Phi) is 3.89. The minimum absolute atomic E-state index is 0.107. The molecule has 3 aliphatic heterocycles. The summed E-state index contributed by atoms with van der Waals surface area (Å²) in [6.45, 7) is 4.95. The van der Waals surface area contributed by atoms with Crippen LogP contribution >= 0.6 is 0 Å². The van der Waals surface area contributed by atoms with E-state index in [-0.39, 0.29) is 18.6 Å². The summed E-state index contributed by atoms with van der Waals surface area (Å²) in [7, 11) is 0. The van der Waals surface area contributed by atoms with Crippen molar-refractivity contribution in [2.45, 2.75) is 51.5 Å². The van der Waals surface area contributed by atoms with Gasteiger partial charge in [0.1, 0.15) is 12.4 Å². The summed E-state index contributed by atoms with van der Waals surface area (Å²) < 4.78 is 12.6. The molecule has 2 unspecified atom stereocenters. The second-order valence-corrected chi connectivity index (χ2v) is 8.84. The third-order valence-corrected chi connectivity index (χ3v) is 7.16. The summed E-state index contributed by atoms with van der Waals surface area (Å²) in [4.78, 5) is 30.6. The van der Waals surface area contributed by atoms with Gasteiger partial charge in [0.15, 0.2) is 5.60 Å². The van der Waals surface area contributed by atoms with E-state index in [9.17, 15) is 14.7 Å². The molecule has 3 aliphatic rings. The summed E-state index contributed by atoms with van der Waals surface area (Å²) in [6.07, 6.45) is 0.107. The summed E-state index contributed by atoms with van der Waals surface area (Å²) >= 11 is 0. The van der Waals surface area contributed by atoms with Gasteiger partial charge in [0, 0.05) is 40.6 Å². The maximum absolute atomic E-state index is 13.4. The van der Waals surface area contributed by atoms with Gasteiger partial charge in [-0.15, -0.1) is 0 Å². The molecule has 2 atom stereocenters. The van der Waals surface area contributed by atoms with Crippen molar-refractivity contribution in [3.8, 4) is 17.1 Å². The van der Waals surface area contributed by atoms with Gasteiger partial charge in [-0.2, -0.15) is 0 Å². The number of benzene rings is 1. The highest BCUT2D eigenvalue weighted by Crippen LogP contribution is 2.42. The van der Waals surface area contributed by atoms with Crippen LogP contribution in [0.2, 0.25) is 0 Å². The van der Waals surface area contributed by atoms with Crippen LogP contribution in [0.25, 0.3) is 22.3 Å². The largest absolute Gasteiger partial charge is 0.493 e. The lowest BCUT2D eigenvalue weighted by atomic mass is 9.86. The fraction of sp³-hybridized carbons (Fsp3) is 0.375. The minimum Gasteiger partial charge on any atom is -0.493 e. The molecule has 32 heavy (non-hydrogen) atoms. The van der Waals surface area contributed by atoms with Crippen molar-refractivity contribution in [2.75, 3.05) is 6.61 Å². The lowest BCUT2D eigenvalue weighted by Gasteiger charge is -2.31. The first-order valence-corrected chi connectivity index (χ1v) is 10.9. The Bertz CT molecular complexity index is 1410. The number of nitrogens with two attached hydrogens (primary N) is 1. The van der Waals surface area contributed by atoms with E-state index < -0.39 is 11.6 Å². The zero-order valence-corrected chi connectivity index (χ0v) is 17.9. The molecule has 8 nitrogen and oxygen atoms in total. The third-order valence-electron chi connectivity index (χ3n) is 7.16. The molecule has 0 bridgehead atoms. The van der Waals surface area contributed by atoms with Crippen LogP contribution in [0.15, 0.2) is 23.0 Å². The van der Waals surface area contributed by atoms with Crippen LogP contribution in [0.5, 0.6) is 5.75 Å². The van der Waals surface area contributed by atoms with Gasteiger partial charge in [-0.25, -0.2) is 9.78 Å². The molecule has 0 amide bonds. The Morgan fingerprint density at radius 2 is 2.06 bits per heavy atom. The summed E-state index contributed by atoms with van der Waals surface area (Å²) in [5.41, 5.74) is 9.67. The SMILES string of the molecule is CCC1(O)C(=O)OCc2c1cc1n(c2=O)Cc2c-1nc1cc3c(cc1c2CN)C(C)CO3. The molecule has 0 saturated carbocycles. The van der Waals surface area contributed by atoms with E-state index in [4.69, 9.17) is 20.2 Å². The first kappa shape index (κ1) is 19.5. The number of rotatable bonds is 2. The van der Waals surface area contributed by atoms with Crippen molar-refractivity contribution < 1.29 is 19.4 Å². The highest BCUT2D eigenvalue weighted by atomic mass is 16.6. The van der Waals surface area contributed by atoms with Gasteiger partial charge >= 0.3 is 5.97 Å². The van der Waals surface area contributed by atoms with Crippen molar-refractivity contribution in [3.05, 3.63) is 56.4 Å². The average Bonchev–Trinajstić information content (AvgIpc) is 3.34. The van der Waals surface area contributed by atoms with Gasteiger partial charge in [-0.3, -0.25) is 4.79 Å². The number of carbonyl (C=O) groups is 1. The molecule has 2 aromatic heterocycles. The maximum atomic E-state index is 13.4. The predicted molar refractivity (Wildman–Crippen MR) is 116 cm³/mol. The number of nitrogens with zero attached hydrogens (tertiary/aromatic N) is 2. The van der Waals surface area contributed by atoms with Gasteiger partial charge in [0.05, 0.1) is 35.6 Å². The van der Waals surface area contributed by atoms with Crippen LogP contribution in [0.3, 0.4) is 0 Å². The van der Waals surface area contributed by atoms with E-state index in [1.807, 2.05) is 6.07 Å². The molecular weight excluding hydrogens is 410 g/mol. The summed E-state index contributed by atoms with van der Waals surface area (Å²) in [5, 5.41) is 12.0. The van der Waals surface area contributed by atoms with E-state index in [0.717, 1.165) is 33.3 Å². The van der Waals surface area contributed by atoms with Crippen LogP contribution in [0.1, 0.15) is 54.0 Å². The highest BCUT2D eigenvalue weighted by Gasteiger charge is 2.45. The molecule has 0 radical (unpaired) electrons. The minimum atomic E-state index is -1.84. The van der Waals surface area contributed by atoms with Crippen molar-refractivity contribution in [2.24, 2.45) is 5.73 Å². The highest BCUT2D eigenvalue weighted by molar-refractivity contribution is 5.90. The van der Waals surface area contributed by atoms with E-state index in [1.54, 1.807) is 17.6 Å². The molecule has 0 aliphatic carbocycles. The van der Waals surface area contributed by atoms with Gasteiger partial charge in [0.25, 0.3) is 5.56 Å².